The number of furan rings is 1. The molecule has 1 saturated carbocycles. The molecule has 0 radical (unpaired) electrons. The summed E-state index contributed by atoms with van der Waals surface area (Å²) in [5.41, 5.74) is 0. The normalized spacial score (nSPS) is 17.6. The van der Waals surface area contributed by atoms with E-state index >= 15 is 0 Å². The minimum atomic E-state index is -1.18. The molecule has 0 aliphatic heterocycles. The lowest BCUT2D eigenvalue weighted by atomic mass is 9.85. The molecule has 0 saturated heterocycles. The Morgan fingerprint density at radius 1 is 1.50 bits per heavy atom. The first-order chi connectivity index (χ1) is 8.74. The number of hydrogen-bond acceptors (Lipinski definition) is 5. The van der Waals surface area contributed by atoms with E-state index in [0.29, 0.717) is 28.3 Å². The van der Waals surface area contributed by atoms with Crippen molar-refractivity contribution in [3.8, 4) is 0 Å². The number of aryl methyl sites for hydroxylation is 1. The van der Waals surface area contributed by atoms with E-state index in [4.69, 9.17) is 8.94 Å². The molecule has 1 aliphatic rings. The van der Waals surface area contributed by atoms with Gasteiger partial charge in [0, 0.05) is 5.92 Å². The van der Waals surface area contributed by atoms with E-state index in [0.717, 1.165) is 12.8 Å². The van der Waals surface area contributed by atoms with Crippen molar-refractivity contribution >= 4 is 10.8 Å². The molecule has 5 nitrogen and oxygen atoms in total. The highest BCUT2D eigenvalue weighted by Crippen LogP contribution is 2.35. The second kappa shape index (κ2) is 4.68. The van der Waals surface area contributed by atoms with Crippen molar-refractivity contribution in [1.29, 1.82) is 0 Å². The van der Waals surface area contributed by atoms with E-state index in [1.807, 2.05) is 0 Å². The Kier molecular flexibility index (Phi) is 3.03. The number of nitrogens with zero attached hydrogens (tertiary/aromatic N) is 2. The Bertz CT molecular complexity index is 571. The smallest absolute Gasteiger partial charge is 0.229 e. The fourth-order valence-corrected chi connectivity index (χ4v) is 3.03. The van der Waals surface area contributed by atoms with Gasteiger partial charge in [-0.05, 0) is 25.8 Å². The molecule has 1 atom stereocenters. The molecule has 0 aromatic carbocycles. The van der Waals surface area contributed by atoms with Crippen molar-refractivity contribution in [3.63, 3.8) is 0 Å². The topological polar surface area (TPSA) is 69.1 Å². The molecule has 0 N–H and O–H groups in total. The Labute approximate surface area is 107 Å². The van der Waals surface area contributed by atoms with Crippen molar-refractivity contribution in [1.82, 2.24) is 10.1 Å². The lowest BCUT2D eigenvalue weighted by molar-refractivity contribution is 0.291. The van der Waals surface area contributed by atoms with Crippen molar-refractivity contribution in [3.05, 3.63) is 29.8 Å². The molecule has 18 heavy (non-hydrogen) atoms. The summed E-state index contributed by atoms with van der Waals surface area (Å²) < 4.78 is 22.4. The van der Waals surface area contributed by atoms with Crippen LogP contribution in [0.25, 0.3) is 0 Å². The highest BCUT2D eigenvalue weighted by molar-refractivity contribution is 7.84. The average molecular weight is 266 g/mol. The molecular formula is C12H14N2O3S. The summed E-state index contributed by atoms with van der Waals surface area (Å²) >= 11 is 0. The van der Waals surface area contributed by atoms with Crippen LogP contribution in [0.5, 0.6) is 0 Å². The maximum Gasteiger partial charge on any atom is 0.229 e. The molecular weight excluding hydrogens is 252 g/mol. The van der Waals surface area contributed by atoms with Crippen LogP contribution in [0.3, 0.4) is 0 Å². The molecule has 0 bridgehead atoms. The second-order valence-corrected chi connectivity index (χ2v) is 5.93. The van der Waals surface area contributed by atoms with Gasteiger partial charge >= 0.3 is 0 Å². The Morgan fingerprint density at radius 3 is 2.94 bits per heavy atom. The zero-order valence-electron chi connectivity index (χ0n) is 10.1. The largest absolute Gasteiger partial charge is 0.468 e. The fourth-order valence-electron chi connectivity index (χ4n) is 1.95. The summed E-state index contributed by atoms with van der Waals surface area (Å²) in [5, 5.41) is 3.89. The van der Waals surface area contributed by atoms with Crippen LogP contribution in [-0.4, -0.2) is 14.3 Å². The summed E-state index contributed by atoms with van der Waals surface area (Å²) in [4.78, 5) is 5.01. The van der Waals surface area contributed by atoms with Crippen molar-refractivity contribution in [2.75, 3.05) is 0 Å². The van der Waals surface area contributed by atoms with E-state index < -0.39 is 10.8 Å². The number of aromatic nitrogens is 2. The molecule has 1 aliphatic carbocycles. The minimum Gasteiger partial charge on any atom is -0.468 e. The van der Waals surface area contributed by atoms with E-state index in [1.165, 1.54) is 6.42 Å². The predicted octanol–water partition coefficient (Wildman–Crippen LogP) is 2.55. The van der Waals surface area contributed by atoms with Gasteiger partial charge in [0.25, 0.3) is 0 Å². The first-order valence-electron chi connectivity index (χ1n) is 5.99. The average Bonchev–Trinajstić information content (AvgIpc) is 2.85. The van der Waals surface area contributed by atoms with Gasteiger partial charge in [0.2, 0.25) is 5.89 Å². The van der Waals surface area contributed by atoms with Gasteiger partial charge in [-0.15, -0.1) is 0 Å². The zero-order valence-corrected chi connectivity index (χ0v) is 10.9. The molecule has 2 aromatic rings. The van der Waals surface area contributed by atoms with Crippen LogP contribution in [0.1, 0.15) is 42.7 Å². The lowest BCUT2D eigenvalue weighted by Crippen LogP contribution is -2.09. The molecule has 1 unspecified atom stereocenters. The SMILES string of the molecule is Cc1occc1S(=O)Cc1noc(C2CCC2)n1. The van der Waals surface area contributed by atoms with Crippen LogP contribution >= 0.6 is 0 Å². The van der Waals surface area contributed by atoms with E-state index in [2.05, 4.69) is 10.1 Å². The van der Waals surface area contributed by atoms with Crippen LogP contribution in [0.15, 0.2) is 26.2 Å². The van der Waals surface area contributed by atoms with Crippen molar-refractivity contribution < 1.29 is 13.1 Å². The molecule has 6 heteroatoms. The molecule has 96 valence electrons. The third-order valence-electron chi connectivity index (χ3n) is 3.25. The summed E-state index contributed by atoms with van der Waals surface area (Å²) in [6.45, 7) is 1.79. The maximum atomic E-state index is 12.1. The molecule has 2 heterocycles. The zero-order chi connectivity index (χ0) is 12.5. The van der Waals surface area contributed by atoms with Gasteiger partial charge < -0.3 is 8.94 Å². The van der Waals surface area contributed by atoms with Gasteiger partial charge in [-0.1, -0.05) is 11.6 Å². The Hall–Kier alpha value is -1.43. The summed E-state index contributed by atoms with van der Waals surface area (Å²) in [6.07, 6.45) is 5.00. The van der Waals surface area contributed by atoms with Crippen LogP contribution in [0, 0.1) is 6.92 Å². The van der Waals surface area contributed by atoms with Gasteiger partial charge in [-0.25, -0.2) is 0 Å². The van der Waals surface area contributed by atoms with Gasteiger partial charge in [0.1, 0.15) is 5.76 Å². The molecule has 3 rings (SSSR count). The van der Waals surface area contributed by atoms with Crippen molar-refractivity contribution in [2.45, 2.75) is 42.8 Å². The predicted molar refractivity (Wildman–Crippen MR) is 64.4 cm³/mol. The quantitative estimate of drug-likeness (QED) is 0.850. The van der Waals surface area contributed by atoms with Crippen LogP contribution in [-0.2, 0) is 16.6 Å². The number of hydrogen-bond donors (Lipinski definition) is 0. The minimum absolute atomic E-state index is 0.274. The molecule has 1 fully saturated rings. The van der Waals surface area contributed by atoms with Crippen LogP contribution < -0.4 is 0 Å². The first kappa shape index (κ1) is 11.6. The highest BCUT2D eigenvalue weighted by Gasteiger charge is 2.25. The summed E-state index contributed by atoms with van der Waals surface area (Å²) in [7, 11) is -1.18. The van der Waals surface area contributed by atoms with E-state index in [1.54, 1.807) is 19.3 Å². The Balaban J connectivity index is 1.70. The van der Waals surface area contributed by atoms with Gasteiger partial charge in [-0.3, -0.25) is 4.21 Å². The monoisotopic (exact) mass is 266 g/mol. The fraction of sp³-hybridized carbons (Fsp3) is 0.500. The van der Waals surface area contributed by atoms with Crippen molar-refractivity contribution in [2.24, 2.45) is 0 Å². The van der Waals surface area contributed by atoms with Gasteiger partial charge in [0.05, 0.1) is 27.7 Å². The van der Waals surface area contributed by atoms with Gasteiger partial charge in [0.15, 0.2) is 5.82 Å². The third-order valence-corrected chi connectivity index (χ3v) is 4.69. The maximum absolute atomic E-state index is 12.1. The number of rotatable bonds is 4. The van der Waals surface area contributed by atoms with Gasteiger partial charge in [-0.2, -0.15) is 4.98 Å². The summed E-state index contributed by atoms with van der Waals surface area (Å²) in [6, 6.07) is 1.72. The van der Waals surface area contributed by atoms with Crippen LogP contribution in [0.2, 0.25) is 0 Å². The second-order valence-electron chi connectivity index (χ2n) is 4.51. The van der Waals surface area contributed by atoms with Crippen LogP contribution in [0.4, 0.5) is 0 Å². The molecule has 2 aromatic heterocycles. The Morgan fingerprint density at radius 2 is 2.33 bits per heavy atom. The summed E-state index contributed by atoms with van der Waals surface area (Å²) in [5.74, 6) is 2.57. The van der Waals surface area contributed by atoms with E-state index in [9.17, 15) is 4.21 Å². The van der Waals surface area contributed by atoms with E-state index in [-0.39, 0.29) is 5.75 Å². The lowest BCUT2D eigenvalue weighted by Gasteiger charge is -2.20. The first-order valence-corrected chi connectivity index (χ1v) is 7.31. The standard InChI is InChI=1S/C12H14N2O3S/c1-8-10(5-6-16-8)18(15)7-11-13-12(17-14-11)9-3-2-4-9/h5-6,9H,2-4,7H2,1H3. The highest BCUT2D eigenvalue weighted by atomic mass is 32.2. The molecule has 0 spiro atoms. The third kappa shape index (κ3) is 2.12. The molecule has 0 amide bonds.